The van der Waals surface area contributed by atoms with E-state index >= 15 is 0 Å². The Morgan fingerprint density at radius 3 is 2.00 bits per heavy atom. The lowest BCUT2D eigenvalue weighted by molar-refractivity contribution is 0.0569. The van der Waals surface area contributed by atoms with Gasteiger partial charge in [0.2, 0.25) is 10.0 Å². The molecule has 1 aliphatic heterocycles. The number of hydrogen-bond donors (Lipinski definition) is 1. The lowest BCUT2D eigenvalue weighted by Crippen LogP contribution is -2.50. The van der Waals surface area contributed by atoms with Gasteiger partial charge in [0.25, 0.3) is 0 Å². The average Bonchev–Trinajstić information content (AvgIpc) is 2.92. The first-order valence-electron chi connectivity index (χ1n) is 11.9. The highest BCUT2D eigenvalue weighted by molar-refractivity contribution is 7.89. The second-order valence-electron chi connectivity index (χ2n) is 8.59. The third-order valence-corrected chi connectivity index (χ3v) is 7.92. The van der Waals surface area contributed by atoms with E-state index in [4.69, 9.17) is 14.2 Å². The smallest absolute Gasteiger partial charge is 0.243 e. The summed E-state index contributed by atoms with van der Waals surface area (Å²) in [7, 11) is -2.01. The monoisotopic (exact) mass is 512 g/mol. The van der Waals surface area contributed by atoms with Crippen LogP contribution in [0.3, 0.4) is 0 Å². The zero-order valence-corrected chi connectivity index (χ0v) is 21.1. The number of ether oxygens (including phenoxy) is 3. The number of sulfonamides is 1. The van der Waals surface area contributed by atoms with Gasteiger partial charge in [0, 0.05) is 32.7 Å². The Bertz CT molecular complexity index is 1180. The van der Waals surface area contributed by atoms with Crippen molar-refractivity contribution in [1.29, 1.82) is 0 Å². The summed E-state index contributed by atoms with van der Waals surface area (Å²) in [5, 5.41) is 10.4. The summed E-state index contributed by atoms with van der Waals surface area (Å²) in [6, 6.07) is 23.7. The second-order valence-corrected chi connectivity index (χ2v) is 10.5. The molecule has 8 nitrogen and oxygen atoms in total. The van der Waals surface area contributed by atoms with Crippen LogP contribution in [0.1, 0.15) is 5.56 Å². The number of aliphatic hydroxyl groups is 1. The average molecular weight is 513 g/mol. The summed E-state index contributed by atoms with van der Waals surface area (Å²) in [5.41, 5.74) is 1.10. The quantitative estimate of drug-likeness (QED) is 0.423. The second kappa shape index (κ2) is 12.2. The normalized spacial score (nSPS) is 15.8. The van der Waals surface area contributed by atoms with Crippen LogP contribution in [0.4, 0.5) is 0 Å². The number of rotatable bonds is 11. The van der Waals surface area contributed by atoms with Crippen LogP contribution < -0.4 is 14.2 Å². The van der Waals surface area contributed by atoms with E-state index in [0.717, 1.165) is 11.3 Å². The lowest BCUT2D eigenvalue weighted by Gasteiger charge is -2.34. The summed E-state index contributed by atoms with van der Waals surface area (Å²) in [6.45, 7) is 2.87. The molecule has 1 unspecified atom stereocenters. The van der Waals surface area contributed by atoms with Gasteiger partial charge in [-0.3, -0.25) is 4.90 Å². The van der Waals surface area contributed by atoms with Gasteiger partial charge in [0.05, 0.1) is 12.0 Å². The highest BCUT2D eigenvalue weighted by atomic mass is 32.2. The highest BCUT2D eigenvalue weighted by Gasteiger charge is 2.29. The fourth-order valence-electron chi connectivity index (χ4n) is 3.97. The number of benzene rings is 3. The van der Waals surface area contributed by atoms with E-state index in [0.29, 0.717) is 50.8 Å². The molecule has 0 saturated carbocycles. The van der Waals surface area contributed by atoms with Crippen LogP contribution in [0.5, 0.6) is 17.2 Å². The molecule has 1 heterocycles. The molecule has 1 fully saturated rings. The van der Waals surface area contributed by atoms with E-state index in [9.17, 15) is 13.5 Å². The highest BCUT2D eigenvalue weighted by Crippen LogP contribution is 2.21. The Hall–Kier alpha value is -3.11. The molecule has 36 heavy (non-hydrogen) atoms. The Labute approximate surface area is 212 Å². The van der Waals surface area contributed by atoms with Gasteiger partial charge in [0.15, 0.2) is 0 Å². The topological polar surface area (TPSA) is 88.5 Å². The maximum atomic E-state index is 12.9. The fourth-order valence-corrected chi connectivity index (χ4v) is 5.39. The summed E-state index contributed by atoms with van der Waals surface area (Å²) in [6.07, 6.45) is -0.691. The molecule has 4 rings (SSSR count). The van der Waals surface area contributed by atoms with Gasteiger partial charge in [-0.1, -0.05) is 30.3 Å². The number of methoxy groups -OCH3 is 1. The van der Waals surface area contributed by atoms with Crippen molar-refractivity contribution in [2.24, 2.45) is 0 Å². The van der Waals surface area contributed by atoms with E-state index in [1.807, 2.05) is 54.6 Å². The van der Waals surface area contributed by atoms with Gasteiger partial charge in [0.1, 0.15) is 36.6 Å². The predicted octanol–water partition coefficient (Wildman–Crippen LogP) is 3.02. The SMILES string of the molecule is COc1ccc(S(=O)(=O)N2CCN(CC(O)COc3ccc(OCc4ccccc4)cc3)CC2)cc1. The van der Waals surface area contributed by atoms with Gasteiger partial charge in [-0.2, -0.15) is 4.31 Å². The molecule has 0 aromatic heterocycles. The van der Waals surface area contributed by atoms with Crippen LogP contribution in [0.15, 0.2) is 83.8 Å². The summed E-state index contributed by atoms with van der Waals surface area (Å²) in [4.78, 5) is 2.30. The molecule has 192 valence electrons. The van der Waals surface area contributed by atoms with Crippen LogP contribution in [0.2, 0.25) is 0 Å². The van der Waals surface area contributed by atoms with E-state index < -0.39 is 16.1 Å². The van der Waals surface area contributed by atoms with E-state index in [1.54, 1.807) is 31.4 Å². The van der Waals surface area contributed by atoms with E-state index in [2.05, 4.69) is 4.90 Å². The molecule has 0 aliphatic carbocycles. The minimum Gasteiger partial charge on any atom is -0.497 e. The number of aliphatic hydroxyl groups excluding tert-OH is 1. The third kappa shape index (κ3) is 6.98. The van der Waals surface area contributed by atoms with Crippen LogP contribution in [0.25, 0.3) is 0 Å². The first kappa shape index (κ1) is 26.0. The molecule has 0 radical (unpaired) electrons. The maximum absolute atomic E-state index is 12.9. The summed E-state index contributed by atoms with van der Waals surface area (Å²) < 4.78 is 43.9. The van der Waals surface area contributed by atoms with Gasteiger partial charge in [-0.25, -0.2) is 8.42 Å². The minimum atomic E-state index is -3.56. The molecule has 0 bridgehead atoms. The first-order chi connectivity index (χ1) is 17.4. The molecule has 0 amide bonds. The van der Waals surface area contributed by atoms with E-state index in [-0.39, 0.29) is 11.5 Å². The standard InChI is InChI=1S/C27H32N2O6S/c1-33-24-11-13-27(14-12-24)36(31,32)29-17-15-28(16-18-29)19-23(30)21-35-26-9-7-25(8-10-26)34-20-22-5-3-2-4-6-22/h2-14,23,30H,15-21H2,1H3. The van der Waals surface area contributed by atoms with Crippen LogP contribution in [-0.4, -0.2) is 75.3 Å². The molecule has 9 heteroatoms. The number of piperazine rings is 1. The zero-order valence-electron chi connectivity index (χ0n) is 20.3. The molecule has 3 aromatic carbocycles. The molecule has 1 atom stereocenters. The van der Waals surface area contributed by atoms with Crippen LogP contribution in [0, 0.1) is 0 Å². The molecular formula is C27H32N2O6S. The van der Waals surface area contributed by atoms with Crippen molar-refractivity contribution in [3.8, 4) is 17.2 Å². The van der Waals surface area contributed by atoms with Crippen molar-refractivity contribution < 1.29 is 27.7 Å². The molecule has 0 spiro atoms. The number of hydrogen-bond acceptors (Lipinski definition) is 7. The molecule has 1 N–H and O–H groups in total. The van der Waals surface area contributed by atoms with Gasteiger partial charge >= 0.3 is 0 Å². The summed E-state index contributed by atoms with van der Waals surface area (Å²) >= 11 is 0. The van der Waals surface area contributed by atoms with Crippen LogP contribution >= 0.6 is 0 Å². The molecule has 1 aliphatic rings. The Morgan fingerprint density at radius 1 is 0.806 bits per heavy atom. The Morgan fingerprint density at radius 2 is 1.39 bits per heavy atom. The minimum absolute atomic E-state index is 0.147. The van der Waals surface area contributed by atoms with Gasteiger partial charge < -0.3 is 19.3 Å². The van der Waals surface area contributed by atoms with Crippen molar-refractivity contribution in [1.82, 2.24) is 9.21 Å². The van der Waals surface area contributed by atoms with Crippen molar-refractivity contribution in [2.75, 3.05) is 46.4 Å². The van der Waals surface area contributed by atoms with E-state index in [1.165, 1.54) is 4.31 Å². The Kier molecular flexibility index (Phi) is 8.82. The molecular weight excluding hydrogens is 480 g/mol. The summed E-state index contributed by atoms with van der Waals surface area (Å²) in [5.74, 6) is 2.01. The van der Waals surface area contributed by atoms with Gasteiger partial charge in [-0.15, -0.1) is 0 Å². The number of β-amino-alcohol motifs (C(OH)–C–C–N with tert-alkyl or cyclic N) is 1. The van der Waals surface area contributed by atoms with Crippen molar-refractivity contribution in [3.05, 3.63) is 84.4 Å². The third-order valence-electron chi connectivity index (χ3n) is 6.01. The van der Waals surface area contributed by atoms with Crippen LogP contribution in [-0.2, 0) is 16.6 Å². The lowest BCUT2D eigenvalue weighted by atomic mass is 10.2. The Balaban J connectivity index is 1.18. The first-order valence-corrected chi connectivity index (χ1v) is 13.3. The molecule has 1 saturated heterocycles. The van der Waals surface area contributed by atoms with Crippen molar-refractivity contribution >= 4 is 10.0 Å². The molecule has 3 aromatic rings. The van der Waals surface area contributed by atoms with Crippen molar-refractivity contribution in [2.45, 2.75) is 17.6 Å². The van der Waals surface area contributed by atoms with Gasteiger partial charge in [-0.05, 0) is 54.1 Å². The number of nitrogens with zero attached hydrogens (tertiary/aromatic N) is 2. The predicted molar refractivity (Wildman–Crippen MR) is 137 cm³/mol. The zero-order chi connectivity index (χ0) is 25.4. The largest absolute Gasteiger partial charge is 0.497 e. The fraction of sp³-hybridized carbons (Fsp3) is 0.333. The maximum Gasteiger partial charge on any atom is 0.243 e. The van der Waals surface area contributed by atoms with Crippen molar-refractivity contribution in [3.63, 3.8) is 0 Å².